The van der Waals surface area contributed by atoms with Crippen LogP contribution in [0.2, 0.25) is 0 Å². The van der Waals surface area contributed by atoms with Crippen molar-refractivity contribution in [3.05, 3.63) is 47.1 Å². The molecule has 1 aromatic carbocycles. The summed E-state index contributed by atoms with van der Waals surface area (Å²) in [6, 6.07) is 7.77. The fourth-order valence-corrected chi connectivity index (χ4v) is 3.36. The Kier molecular flexibility index (Phi) is 5.51. The first kappa shape index (κ1) is 17.9. The zero-order chi connectivity index (χ0) is 17.7. The molecule has 6 heteroatoms. The minimum atomic E-state index is -0.960. The first-order valence-electron chi connectivity index (χ1n) is 7.31. The Labute approximate surface area is 145 Å². The van der Waals surface area contributed by atoms with Gasteiger partial charge in [0.05, 0.1) is 5.70 Å². The first-order valence-corrected chi connectivity index (χ1v) is 8.13. The van der Waals surface area contributed by atoms with Crippen LogP contribution >= 0.6 is 11.8 Å². The van der Waals surface area contributed by atoms with E-state index in [0.717, 1.165) is 21.2 Å². The third-order valence-corrected chi connectivity index (χ3v) is 4.65. The predicted molar refractivity (Wildman–Crippen MR) is 102 cm³/mol. The molecule has 0 amide bonds. The van der Waals surface area contributed by atoms with E-state index in [9.17, 15) is 9.90 Å². The number of aliphatic imine (C=N–C) groups is 2. The molecule has 124 valence electrons. The number of carboxylic acid groups (broad SMARTS) is 1. The summed E-state index contributed by atoms with van der Waals surface area (Å²) in [5.74, 6) is -0.876. The number of fused-ring (bicyclic) bond motifs is 1. The van der Waals surface area contributed by atoms with Crippen molar-refractivity contribution >= 4 is 47.3 Å². The lowest BCUT2D eigenvalue weighted by Gasteiger charge is -2.20. The molecule has 0 aliphatic heterocycles. The largest absolute Gasteiger partial charge is 0.480 e. The third-order valence-electron chi connectivity index (χ3n) is 3.46. The van der Waals surface area contributed by atoms with E-state index in [4.69, 9.17) is 0 Å². The van der Waals surface area contributed by atoms with Gasteiger partial charge in [-0.3, -0.25) is 14.8 Å². The van der Waals surface area contributed by atoms with Crippen LogP contribution in [0.1, 0.15) is 26.3 Å². The van der Waals surface area contributed by atoms with E-state index in [-0.39, 0.29) is 0 Å². The number of benzene rings is 1. The van der Waals surface area contributed by atoms with Gasteiger partial charge in [0.25, 0.3) is 0 Å². The summed E-state index contributed by atoms with van der Waals surface area (Å²) in [6.45, 7) is 8.62. The van der Waals surface area contributed by atoms with Crippen molar-refractivity contribution < 1.29 is 9.90 Å². The van der Waals surface area contributed by atoms with Crippen LogP contribution in [-0.4, -0.2) is 33.9 Å². The van der Waals surface area contributed by atoms with E-state index in [1.807, 2.05) is 31.2 Å². The molecular weight excluding hydrogens is 322 g/mol. The molecule has 0 fully saturated rings. The minimum Gasteiger partial charge on any atom is -0.480 e. The lowest BCUT2D eigenvalue weighted by Crippen LogP contribution is -2.27. The molecule has 0 spiro atoms. The number of aliphatic carboxylic acids is 1. The number of hydrogen-bond donors (Lipinski definition) is 1. The van der Waals surface area contributed by atoms with E-state index in [2.05, 4.69) is 21.7 Å². The second-order valence-electron chi connectivity index (χ2n) is 5.65. The van der Waals surface area contributed by atoms with Gasteiger partial charge in [0.1, 0.15) is 11.1 Å². The van der Waals surface area contributed by atoms with Crippen LogP contribution in [0.4, 0.5) is 0 Å². The molecule has 0 atom stereocenters. The highest BCUT2D eigenvalue weighted by Gasteiger charge is 2.29. The maximum atomic E-state index is 11.4. The Bertz CT molecular complexity index is 836. The first-order chi connectivity index (χ1) is 11.4. The van der Waals surface area contributed by atoms with Crippen molar-refractivity contribution in [2.24, 2.45) is 9.98 Å². The fraction of sp³-hybridized carbons (Fsp3) is 0.222. The highest BCUT2D eigenvalue weighted by atomic mass is 32.2. The second kappa shape index (κ2) is 7.40. The average Bonchev–Trinajstić information content (AvgIpc) is 2.54. The number of carboxylic acids is 1. The SMILES string of the molecule is C=N/C=N\C(=C(/C)SC(C)(C)C(=O)O)c1cccc2cnccc12. The van der Waals surface area contributed by atoms with Crippen LogP contribution in [0.3, 0.4) is 0 Å². The van der Waals surface area contributed by atoms with Crippen molar-refractivity contribution in [1.82, 2.24) is 4.98 Å². The van der Waals surface area contributed by atoms with Gasteiger partial charge in [-0.1, -0.05) is 18.2 Å². The van der Waals surface area contributed by atoms with Crippen LogP contribution in [-0.2, 0) is 4.79 Å². The van der Waals surface area contributed by atoms with Gasteiger partial charge in [-0.15, -0.1) is 11.8 Å². The molecule has 5 nitrogen and oxygen atoms in total. The standard InChI is InChI=1S/C18H19N3O2S/c1-12(24-18(2,3)17(22)23)16(21-11-19-4)15-7-5-6-13-10-20-9-8-14(13)15/h5-11H,4H2,1-3H3,(H,22,23)/b16-12+,21-11-. The Morgan fingerprint density at radius 1 is 1.38 bits per heavy atom. The quantitative estimate of drug-likeness (QED) is 0.629. The molecule has 0 saturated heterocycles. The van der Waals surface area contributed by atoms with Crippen LogP contribution in [0.15, 0.2) is 51.5 Å². The zero-order valence-corrected chi connectivity index (χ0v) is 14.7. The molecular formula is C18H19N3O2S. The summed E-state index contributed by atoms with van der Waals surface area (Å²) in [5, 5.41) is 11.4. The highest BCUT2D eigenvalue weighted by molar-refractivity contribution is 8.05. The monoisotopic (exact) mass is 341 g/mol. The topological polar surface area (TPSA) is 74.9 Å². The minimum absolute atomic E-state index is 0.679. The molecule has 1 N–H and O–H groups in total. The summed E-state index contributed by atoms with van der Waals surface area (Å²) >= 11 is 1.26. The van der Waals surface area contributed by atoms with Gasteiger partial charge in [-0.25, -0.2) is 4.99 Å². The lowest BCUT2D eigenvalue weighted by molar-refractivity contribution is -0.138. The molecule has 0 unspecified atom stereocenters. The van der Waals surface area contributed by atoms with Crippen LogP contribution in [0.25, 0.3) is 16.5 Å². The summed E-state index contributed by atoms with van der Waals surface area (Å²) in [4.78, 5) is 24.4. The number of rotatable bonds is 6. The van der Waals surface area contributed by atoms with Crippen LogP contribution in [0.5, 0.6) is 0 Å². The normalized spacial score (nSPS) is 13.1. The molecule has 1 aromatic heterocycles. The van der Waals surface area contributed by atoms with Crippen LogP contribution < -0.4 is 0 Å². The summed E-state index contributed by atoms with van der Waals surface area (Å²) in [6.07, 6.45) is 4.88. The van der Waals surface area contributed by atoms with Crippen molar-refractivity contribution in [1.29, 1.82) is 0 Å². The van der Waals surface area contributed by atoms with Crippen molar-refractivity contribution in [2.75, 3.05) is 0 Å². The van der Waals surface area contributed by atoms with Crippen molar-refractivity contribution in [3.8, 4) is 0 Å². The molecule has 0 aliphatic carbocycles. The fourth-order valence-electron chi connectivity index (χ4n) is 2.25. The third kappa shape index (κ3) is 3.89. The molecule has 1 heterocycles. The number of pyridine rings is 1. The molecule has 24 heavy (non-hydrogen) atoms. The van der Waals surface area contributed by atoms with Gasteiger partial charge in [-0.05, 0) is 38.9 Å². The zero-order valence-electron chi connectivity index (χ0n) is 13.9. The molecule has 0 saturated carbocycles. The van der Waals surface area contributed by atoms with Gasteiger partial charge in [0.2, 0.25) is 0 Å². The number of hydrogen-bond acceptors (Lipinski definition) is 4. The number of nitrogens with zero attached hydrogens (tertiary/aromatic N) is 3. The molecule has 2 rings (SSSR count). The smallest absolute Gasteiger partial charge is 0.319 e. The molecule has 0 bridgehead atoms. The van der Waals surface area contributed by atoms with E-state index in [0.29, 0.717) is 5.70 Å². The van der Waals surface area contributed by atoms with Crippen LogP contribution in [0, 0.1) is 0 Å². The maximum absolute atomic E-state index is 11.4. The number of carbonyl (C=O) groups is 1. The van der Waals surface area contributed by atoms with Gasteiger partial charge in [0, 0.05) is 28.2 Å². The van der Waals surface area contributed by atoms with Crippen molar-refractivity contribution in [2.45, 2.75) is 25.5 Å². The molecule has 0 radical (unpaired) electrons. The number of aromatic nitrogens is 1. The van der Waals surface area contributed by atoms with Gasteiger partial charge in [0.15, 0.2) is 0 Å². The number of allylic oxidation sites excluding steroid dienone is 1. The van der Waals surface area contributed by atoms with Gasteiger partial charge < -0.3 is 5.11 Å². The van der Waals surface area contributed by atoms with Gasteiger partial charge in [-0.2, -0.15) is 0 Å². The molecule has 0 aliphatic rings. The van der Waals surface area contributed by atoms with E-state index >= 15 is 0 Å². The Morgan fingerprint density at radius 2 is 2.12 bits per heavy atom. The van der Waals surface area contributed by atoms with Gasteiger partial charge >= 0.3 is 5.97 Å². The van der Waals surface area contributed by atoms with Crippen molar-refractivity contribution in [3.63, 3.8) is 0 Å². The Hall–Kier alpha value is -2.47. The highest BCUT2D eigenvalue weighted by Crippen LogP contribution is 2.38. The Balaban J connectivity index is 2.64. The summed E-state index contributed by atoms with van der Waals surface area (Å²) < 4.78 is -0.960. The number of thioether (sulfide) groups is 1. The Morgan fingerprint density at radius 3 is 2.79 bits per heavy atom. The average molecular weight is 341 g/mol. The van der Waals surface area contributed by atoms with E-state index in [1.165, 1.54) is 18.1 Å². The molecule has 2 aromatic rings. The second-order valence-corrected chi connectivity index (χ2v) is 7.49. The lowest BCUT2D eigenvalue weighted by atomic mass is 10.0. The predicted octanol–water partition coefficient (Wildman–Crippen LogP) is 4.25. The summed E-state index contributed by atoms with van der Waals surface area (Å²) in [7, 11) is 0. The maximum Gasteiger partial charge on any atom is 0.319 e. The van der Waals surface area contributed by atoms with E-state index < -0.39 is 10.7 Å². The van der Waals surface area contributed by atoms with E-state index in [1.54, 1.807) is 26.2 Å². The summed E-state index contributed by atoms with van der Waals surface area (Å²) in [5.41, 5.74) is 1.58.